The Bertz CT molecular complexity index is 631. The third-order valence-electron chi connectivity index (χ3n) is 3.34. The van der Waals surface area contributed by atoms with Crippen LogP contribution in [0.3, 0.4) is 0 Å². The van der Waals surface area contributed by atoms with Crippen LogP contribution in [0.25, 0.3) is 0 Å². The Kier molecular flexibility index (Phi) is 6.71. The lowest BCUT2D eigenvalue weighted by Gasteiger charge is -2.13. The van der Waals surface area contributed by atoms with E-state index in [4.69, 9.17) is 21.1 Å². The smallest absolute Gasteiger partial charge is 0.161 e. The fraction of sp³-hybridized carbons (Fsp3) is 0.333. The molecule has 2 N–H and O–H groups in total. The largest absolute Gasteiger partial charge is 0.493 e. The molecule has 0 saturated heterocycles. The number of methoxy groups -OCH3 is 1. The van der Waals surface area contributed by atoms with Crippen LogP contribution in [0.4, 0.5) is 0 Å². The maximum absolute atomic E-state index is 9.26. The fourth-order valence-electron chi connectivity index (χ4n) is 2.14. The van der Waals surface area contributed by atoms with Crippen molar-refractivity contribution in [1.82, 2.24) is 5.32 Å². The Morgan fingerprint density at radius 1 is 1.17 bits per heavy atom. The van der Waals surface area contributed by atoms with Crippen LogP contribution in [0, 0.1) is 0 Å². The molecule has 0 bridgehead atoms. The van der Waals surface area contributed by atoms with Crippen molar-refractivity contribution in [2.24, 2.45) is 0 Å². The van der Waals surface area contributed by atoms with Gasteiger partial charge in [0.05, 0.1) is 13.2 Å². The summed E-state index contributed by atoms with van der Waals surface area (Å²) in [6, 6.07) is 13.4. The predicted molar refractivity (Wildman–Crippen MR) is 92.2 cm³/mol. The van der Waals surface area contributed by atoms with Gasteiger partial charge in [-0.25, -0.2) is 0 Å². The van der Waals surface area contributed by atoms with Crippen LogP contribution in [0.15, 0.2) is 42.5 Å². The highest BCUT2D eigenvalue weighted by atomic mass is 35.5. The van der Waals surface area contributed by atoms with Crippen molar-refractivity contribution in [3.05, 3.63) is 58.6 Å². The summed E-state index contributed by atoms with van der Waals surface area (Å²) >= 11 is 6.13. The SMILES string of the molecule is COc1cc(CNCC(C)O)ccc1OCc1ccccc1Cl. The number of halogens is 1. The van der Waals surface area contributed by atoms with E-state index in [9.17, 15) is 5.11 Å². The molecular formula is C18H22ClNO3. The summed E-state index contributed by atoms with van der Waals surface area (Å²) in [4.78, 5) is 0. The molecule has 1 atom stereocenters. The Labute approximate surface area is 142 Å². The molecule has 23 heavy (non-hydrogen) atoms. The molecule has 2 aromatic rings. The first-order chi connectivity index (χ1) is 11.1. The molecule has 2 aromatic carbocycles. The van der Waals surface area contributed by atoms with Crippen LogP contribution in [0.1, 0.15) is 18.1 Å². The van der Waals surface area contributed by atoms with Crippen LogP contribution in [0.2, 0.25) is 5.02 Å². The van der Waals surface area contributed by atoms with Crippen molar-refractivity contribution < 1.29 is 14.6 Å². The Morgan fingerprint density at radius 2 is 1.96 bits per heavy atom. The molecule has 0 radical (unpaired) electrons. The van der Waals surface area contributed by atoms with Gasteiger partial charge in [0.15, 0.2) is 11.5 Å². The average molecular weight is 336 g/mol. The molecule has 2 rings (SSSR count). The third kappa shape index (κ3) is 5.43. The van der Waals surface area contributed by atoms with Gasteiger partial charge < -0.3 is 19.9 Å². The molecule has 0 aliphatic heterocycles. The van der Waals surface area contributed by atoms with Crippen molar-refractivity contribution in [3.63, 3.8) is 0 Å². The molecule has 4 nitrogen and oxygen atoms in total. The maximum Gasteiger partial charge on any atom is 0.161 e. The first kappa shape index (κ1) is 17.6. The van der Waals surface area contributed by atoms with Crippen LogP contribution in [0.5, 0.6) is 11.5 Å². The van der Waals surface area contributed by atoms with Gasteiger partial charge >= 0.3 is 0 Å². The molecule has 124 valence electrons. The van der Waals surface area contributed by atoms with E-state index in [1.807, 2.05) is 42.5 Å². The molecule has 1 unspecified atom stereocenters. The summed E-state index contributed by atoms with van der Waals surface area (Å²) in [6.45, 7) is 3.34. The molecule has 0 aliphatic carbocycles. The quantitative estimate of drug-likeness (QED) is 0.776. The maximum atomic E-state index is 9.26. The molecule has 0 amide bonds. The normalized spacial score (nSPS) is 12.0. The number of nitrogens with one attached hydrogen (secondary N) is 1. The predicted octanol–water partition coefficient (Wildman–Crippen LogP) is 3.40. The zero-order valence-electron chi connectivity index (χ0n) is 13.4. The van der Waals surface area contributed by atoms with Crippen molar-refractivity contribution in [1.29, 1.82) is 0 Å². The minimum Gasteiger partial charge on any atom is -0.493 e. The lowest BCUT2D eigenvalue weighted by molar-refractivity contribution is 0.191. The van der Waals surface area contributed by atoms with Crippen molar-refractivity contribution in [2.45, 2.75) is 26.2 Å². The van der Waals surface area contributed by atoms with E-state index in [0.29, 0.717) is 36.2 Å². The third-order valence-corrected chi connectivity index (χ3v) is 3.71. The van der Waals surface area contributed by atoms with E-state index in [-0.39, 0.29) is 6.10 Å². The first-order valence-electron chi connectivity index (χ1n) is 7.52. The van der Waals surface area contributed by atoms with Gasteiger partial charge in [0.2, 0.25) is 0 Å². The van der Waals surface area contributed by atoms with Gasteiger partial charge in [-0.2, -0.15) is 0 Å². The molecule has 5 heteroatoms. The van der Waals surface area contributed by atoms with E-state index in [1.54, 1.807) is 14.0 Å². The summed E-state index contributed by atoms with van der Waals surface area (Å²) in [5.41, 5.74) is 1.99. The molecular weight excluding hydrogens is 314 g/mol. The second-order valence-corrected chi connectivity index (χ2v) is 5.75. The number of aliphatic hydroxyl groups is 1. The highest BCUT2D eigenvalue weighted by molar-refractivity contribution is 6.31. The molecule has 0 saturated carbocycles. The number of benzene rings is 2. The average Bonchev–Trinajstić information content (AvgIpc) is 2.54. The zero-order valence-corrected chi connectivity index (χ0v) is 14.1. The summed E-state index contributed by atoms with van der Waals surface area (Å²) in [5.74, 6) is 1.35. The zero-order chi connectivity index (χ0) is 16.7. The van der Waals surface area contributed by atoms with Crippen molar-refractivity contribution in [3.8, 4) is 11.5 Å². The highest BCUT2D eigenvalue weighted by Crippen LogP contribution is 2.29. The second-order valence-electron chi connectivity index (χ2n) is 5.35. The number of hydrogen-bond acceptors (Lipinski definition) is 4. The van der Waals surface area contributed by atoms with E-state index >= 15 is 0 Å². The molecule has 0 aliphatic rings. The van der Waals surface area contributed by atoms with Crippen LogP contribution < -0.4 is 14.8 Å². The minimum absolute atomic E-state index is 0.366. The molecule has 0 aromatic heterocycles. The monoisotopic (exact) mass is 335 g/mol. The number of ether oxygens (including phenoxy) is 2. The Morgan fingerprint density at radius 3 is 2.65 bits per heavy atom. The number of hydrogen-bond donors (Lipinski definition) is 2. The minimum atomic E-state index is -0.366. The number of rotatable bonds is 8. The number of aliphatic hydroxyl groups excluding tert-OH is 1. The van der Waals surface area contributed by atoms with Gasteiger partial charge in [-0.3, -0.25) is 0 Å². The lowest BCUT2D eigenvalue weighted by atomic mass is 10.2. The van der Waals surface area contributed by atoms with E-state index in [2.05, 4.69) is 5.32 Å². The topological polar surface area (TPSA) is 50.7 Å². The second kappa shape index (κ2) is 8.77. The van der Waals surface area contributed by atoms with Crippen molar-refractivity contribution in [2.75, 3.05) is 13.7 Å². The van der Waals surface area contributed by atoms with Gasteiger partial charge in [-0.15, -0.1) is 0 Å². The molecule has 0 fully saturated rings. The van der Waals surface area contributed by atoms with E-state index < -0.39 is 0 Å². The van der Waals surface area contributed by atoms with Gasteiger partial charge in [0.25, 0.3) is 0 Å². The van der Waals surface area contributed by atoms with Crippen LogP contribution >= 0.6 is 11.6 Å². The molecule has 0 heterocycles. The summed E-state index contributed by atoms with van der Waals surface area (Å²) in [5, 5.41) is 13.1. The van der Waals surface area contributed by atoms with E-state index in [0.717, 1.165) is 11.1 Å². The molecule has 0 spiro atoms. The standard InChI is InChI=1S/C18H22ClNO3/c1-13(21)10-20-11-14-7-8-17(18(9-14)22-2)23-12-15-5-3-4-6-16(15)19/h3-9,13,20-21H,10-12H2,1-2H3. The first-order valence-corrected chi connectivity index (χ1v) is 7.90. The van der Waals surface area contributed by atoms with Gasteiger partial charge in [0.1, 0.15) is 6.61 Å². The fourth-order valence-corrected chi connectivity index (χ4v) is 2.33. The van der Waals surface area contributed by atoms with Crippen molar-refractivity contribution >= 4 is 11.6 Å². The summed E-state index contributed by atoms with van der Waals surface area (Å²) < 4.78 is 11.2. The Hall–Kier alpha value is -1.75. The van der Waals surface area contributed by atoms with Gasteiger partial charge in [-0.05, 0) is 30.7 Å². The lowest BCUT2D eigenvalue weighted by Crippen LogP contribution is -2.23. The summed E-state index contributed by atoms with van der Waals surface area (Å²) in [7, 11) is 1.62. The Balaban J connectivity index is 2.00. The van der Waals surface area contributed by atoms with Gasteiger partial charge in [0, 0.05) is 23.7 Å². The van der Waals surface area contributed by atoms with Crippen LogP contribution in [-0.2, 0) is 13.2 Å². The van der Waals surface area contributed by atoms with Gasteiger partial charge in [-0.1, -0.05) is 35.9 Å². The van der Waals surface area contributed by atoms with Crippen LogP contribution in [-0.4, -0.2) is 24.9 Å². The highest BCUT2D eigenvalue weighted by Gasteiger charge is 2.08. The van der Waals surface area contributed by atoms with E-state index in [1.165, 1.54) is 0 Å². The summed E-state index contributed by atoms with van der Waals surface area (Å²) in [6.07, 6.45) is -0.366.